The maximum absolute atomic E-state index is 6.26. The van der Waals surface area contributed by atoms with E-state index in [1.54, 1.807) is 10.9 Å². The summed E-state index contributed by atoms with van der Waals surface area (Å²) in [7, 11) is 0. The smallest absolute Gasteiger partial charge is 0.0868 e. The van der Waals surface area contributed by atoms with Crippen LogP contribution in [0.2, 0.25) is 10.0 Å². The molecule has 0 fully saturated rings. The highest BCUT2D eigenvalue weighted by Crippen LogP contribution is 2.27. The van der Waals surface area contributed by atoms with Crippen LogP contribution in [0.3, 0.4) is 0 Å². The first kappa shape index (κ1) is 14.3. The molecule has 0 spiro atoms. The summed E-state index contributed by atoms with van der Waals surface area (Å²) in [5.41, 5.74) is 2.65. The summed E-state index contributed by atoms with van der Waals surface area (Å²) in [6.45, 7) is 5.69. The number of benzene rings is 1. The highest BCUT2D eigenvalue weighted by molar-refractivity contribution is 6.35. The molecule has 6 heteroatoms. The summed E-state index contributed by atoms with van der Waals surface area (Å²) in [4.78, 5) is 0. The number of rotatable bonds is 5. The molecule has 1 aromatic carbocycles. The molecule has 102 valence electrons. The molecule has 0 unspecified atom stereocenters. The van der Waals surface area contributed by atoms with Crippen molar-refractivity contribution in [2.45, 2.75) is 26.8 Å². The number of halogens is 2. The molecule has 0 saturated carbocycles. The van der Waals surface area contributed by atoms with Crippen molar-refractivity contribution in [1.82, 2.24) is 20.3 Å². The van der Waals surface area contributed by atoms with Crippen molar-refractivity contribution in [3.8, 4) is 5.69 Å². The molecule has 0 saturated heterocycles. The number of hydrogen-bond acceptors (Lipinski definition) is 3. The fourth-order valence-corrected chi connectivity index (χ4v) is 2.23. The van der Waals surface area contributed by atoms with Gasteiger partial charge in [-0.25, -0.2) is 4.68 Å². The second kappa shape index (κ2) is 6.37. The first-order valence-corrected chi connectivity index (χ1v) is 6.95. The molecule has 0 radical (unpaired) electrons. The van der Waals surface area contributed by atoms with E-state index in [-0.39, 0.29) is 0 Å². The normalized spacial score (nSPS) is 10.9. The van der Waals surface area contributed by atoms with Crippen molar-refractivity contribution in [2.75, 3.05) is 6.54 Å². The molecule has 2 rings (SSSR count). The number of nitrogens with zero attached hydrogens (tertiary/aromatic N) is 3. The molecule has 0 aliphatic carbocycles. The zero-order valence-electron chi connectivity index (χ0n) is 11.0. The molecular weight excluding hydrogens is 283 g/mol. The summed E-state index contributed by atoms with van der Waals surface area (Å²) in [5, 5.41) is 12.6. The summed E-state index contributed by atoms with van der Waals surface area (Å²) < 4.78 is 1.72. The van der Waals surface area contributed by atoms with Crippen LogP contribution in [0.25, 0.3) is 5.69 Å². The topological polar surface area (TPSA) is 42.7 Å². The lowest BCUT2D eigenvalue weighted by Crippen LogP contribution is -2.17. The first-order valence-electron chi connectivity index (χ1n) is 6.19. The second-order valence-corrected chi connectivity index (χ2v) is 5.18. The third-order valence-corrected chi connectivity index (χ3v) is 3.52. The van der Waals surface area contributed by atoms with Crippen LogP contribution >= 0.6 is 23.2 Å². The van der Waals surface area contributed by atoms with E-state index in [2.05, 4.69) is 22.6 Å². The van der Waals surface area contributed by atoms with E-state index in [0.717, 1.165) is 29.9 Å². The molecule has 0 aliphatic rings. The van der Waals surface area contributed by atoms with Crippen LogP contribution < -0.4 is 5.32 Å². The van der Waals surface area contributed by atoms with Gasteiger partial charge in [-0.05, 0) is 37.6 Å². The maximum Gasteiger partial charge on any atom is 0.0868 e. The van der Waals surface area contributed by atoms with Gasteiger partial charge in [0.05, 0.1) is 22.6 Å². The molecule has 0 amide bonds. The van der Waals surface area contributed by atoms with Crippen molar-refractivity contribution < 1.29 is 0 Å². The third-order valence-electron chi connectivity index (χ3n) is 2.81. The number of aromatic nitrogens is 3. The largest absolute Gasteiger partial charge is 0.311 e. The zero-order chi connectivity index (χ0) is 13.8. The summed E-state index contributed by atoms with van der Waals surface area (Å²) in [6, 6.07) is 3.65. The lowest BCUT2D eigenvalue weighted by molar-refractivity contribution is 0.641. The Balaban J connectivity index is 2.32. The maximum atomic E-state index is 6.26. The minimum atomic E-state index is 0.615. The van der Waals surface area contributed by atoms with Crippen LogP contribution in [0, 0.1) is 6.92 Å². The molecule has 1 heterocycles. The van der Waals surface area contributed by atoms with E-state index in [4.69, 9.17) is 23.2 Å². The summed E-state index contributed by atoms with van der Waals surface area (Å²) >= 11 is 12.4. The van der Waals surface area contributed by atoms with Crippen molar-refractivity contribution >= 4 is 23.2 Å². The highest BCUT2D eigenvalue weighted by atomic mass is 35.5. The quantitative estimate of drug-likeness (QED) is 0.861. The van der Waals surface area contributed by atoms with E-state index in [0.29, 0.717) is 16.6 Å². The van der Waals surface area contributed by atoms with Gasteiger partial charge in [0.25, 0.3) is 0 Å². The Kier molecular flexibility index (Phi) is 4.80. The van der Waals surface area contributed by atoms with E-state index < -0.39 is 0 Å². The van der Waals surface area contributed by atoms with Gasteiger partial charge in [0, 0.05) is 11.6 Å². The van der Waals surface area contributed by atoms with E-state index in [9.17, 15) is 0 Å². The monoisotopic (exact) mass is 298 g/mol. The van der Waals surface area contributed by atoms with Crippen LogP contribution in [0.1, 0.15) is 24.6 Å². The van der Waals surface area contributed by atoms with Crippen molar-refractivity contribution in [3.63, 3.8) is 0 Å². The SMILES string of the molecule is CCCNCc1cnnn1-c1cc(Cl)c(C)cc1Cl. The van der Waals surface area contributed by atoms with Crippen molar-refractivity contribution in [1.29, 1.82) is 0 Å². The Morgan fingerprint density at radius 1 is 1.26 bits per heavy atom. The Hall–Kier alpha value is -1.10. The first-order chi connectivity index (χ1) is 9.13. The molecule has 0 bridgehead atoms. The van der Waals surface area contributed by atoms with Gasteiger partial charge in [-0.15, -0.1) is 5.10 Å². The van der Waals surface area contributed by atoms with Gasteiger partial charge in [-0.2, -0.15) is 0 Å². The predicted octanol–water partition coefficient (Wildman–Crippen LogP) is 3.38. The van der Waals surface area contributed by atoms with E-state index in [1.807, 2.05) is 19.1 Å². The van der Waals surface area contributed by atoms with E-state index in [1.165, 1.54) is 0 Å². The van der Waals surface area contributed by atoms with Crippen molar-refractivity contribution in [3.05, 3.63) is 39.6 Å². The summed E-state index contributed by atoms with van der Waals surface area (Å²) in [5.74, 6) is 0. The number of nitrogens with one attached hydrogen (secondary N) is 1. The average molecular weight is 299 g/mol. The Labute approximate surface area is 122 Å². The van der Waals surface area contributed by atoms with Gasteiger partial charge in [0.1, 0.15) is 0 Å². The Bertz CT molecular complexity index is 566. The van der Waals surface area contributed by atoms with Crippen LogP contribution in [0.4, 0.5) is 0 Å². The summed E-state index contributed by atoms with van der Waals surface area (Å²) in [6.07, 6.45) is 2.81. The number of hydrogen-bond donors (Lipinski definition) is 1. The molecule has 19 heavy (non-hydrogen) atoms. The van der Waals surface area contributed by atoms with Gasteiger partial charge in [-0.3, -0.25) is 0 Å². The molecular formula is C13H16Cl2N4. The third kappa shape index (κ3) is 3.26. The van der Waals surface area contributed by atoms with Crippen LogP contribution in [-0.4, -0.2) is 21.5 Å². The molecule has 1 N–H and O–H groups in total. The molecule has 2 aromatic rings. The van der Waals surface area contributed by atoms with Crippen LogP contribution in [-0.2, 0) is 6.54 Å². The minimum absolute atomic E-state index is 0.615. The molecule has 4 nitrogen and oxygen atoms in total. The van der Waals surface area contributed by atoms with Gasteiger partial charge in [-0.1, -0.05) is 35.3 Å². The van der Waals surface area contributed by atoms with Crippen LogP contribution in [0.15, 0.2) is 18.3 Å². The van der Waals surface area contributed by atoms with Gasteiger partial charge >= 0.3 is 0 Å². The lowest BCUT2D eigenvalue weighted by atomic mass is 10.2. The lowest BCUT2D eigenvalue weighted by Gasteiger charge is -2.10. The highest BCUT2D eigenvalue weighted by Gasteiger charge is 2.11. The average Bonchev–Trinajstić information content (AvgIpc) is 2.82. The van der Waals surface area contributed by atoms with Gasteiger partial charge < -0.3 is 5.32 Å². The fourth-order valence-electron chi connectivity index (χ4n) is 1.77. The van der Waals surface area contributed by atoms with E-state index >= 15 is 0 Å². The predicted molar refractivity (Wildman–Crippen MR) is 78.1 cm³/mol. The van der Waals surface area contributed by atoms with Crippen LogP contribution in [0.5, 0.6) is 0 Å². The Morgan fingerprint density at radius 2 is 2.05 bits per heavy atom. The molecule has 0 aliphatic heterocycles. The van der Waals surface area contributed by atoms with Crippen molar-refractivity contribution in [2.24, 2.45) is 0 Å². The van der Waals surface area contributed by atoms with Gasteiger partial charge in [0.2, 0.25) is 0 Å². The van der Waals surface area contributed by atoms with Gasteiger partial charge in [0.15, 0.2) is 0 Å². The number of aryl methyl sites for hydroxylation is 1. The standard InChI is InChI=1S/C13H16Cl2N4/c1-3-4-16-7-10-8-17-18-19(10)13-6-11(14)9(2)5-12(13)15/h5-6,8,16H,3-4,7H2,1-2H3. The fraction of sp³-hybridized carbons (Fsp3) is 0.385. The minimum Gasteiger partial charge on any atom is -0.311 e. The second-order valence-electron chi connectivity index (χ2n) is 4.37. The molecule has 0 atom stereocenters. The Morgan fingerprint density at radius 3 is 2.79 bits per heavy atom. The molecule has 1 aromatic heterocycles. The zero-order valence-corrected chi connectivity index (χ0v) is 12.5.